The predicted octanol–water partition coefficient (Wildman–Crippen LogP) is 3.20. The molecule has 0 saturated heterocycles. The van der Waals surface area contributed by atoms with Gasteiger partial charge in [0, 0.05) is 44.8 Å². The van der Waals surface area contributed by atoms with E-state index in [1.54, 1.807) is 36.5 Å². The molecule has 1 aromatic heterocycles. The Kier molecular flexibility index (Phi) is 4.18. The molecule has 26 heavy (non-hydrogen) atoms. The number of benzene rings is 2. The SMILES string of the molecule is O=C1c2cccc3c(NCCO)ccc(c23)C(=O)N1c1cncc(Br)c1. The molecule has 1 aliphatic rings. The predicted molar refractivity (Wildman–Crippen MR) is 103 cm³/mol. The summed E-state index contributed by atoms with van der Waals surface area (Å²) in [5.41, 5.74) is 2.12. The van der Waals surface area contributed by atoms with E-state index in [2.05, 4.69) is 26.2 Å². The van der Waals surface area contributed by atoms with Crippen molar-refractivity contribution in [2.75, 3.05) is 23.4 Å². The maximum absolute atomic E-state index is 13.1. The molecule has 7 heteroatoms. The normalized spacial score (nSPS) is 13.4. The minimum atomic E-state index is -0.382. The van der Waals surface area contributed by atoms with Gasteiger partial charge in [0.1, 0.15) is 0 Å². The molecule has 0 atom stereocenters. The Balaban J connectivity index is 1.91. The van der Waals surface area contributed by atoms with E-state index in [4.69, 9.17) is 5.11 Å². The van der Waals surface area contributed by atoms with Crippen molar-refractivity contribution in [1.82, 2.24) is 4.98 Å². The second kappa shape index (κ2) is 6.51. The van der Waals surface area contributed by atoms with Gasteiger partial charge in [0.25, 0.3) is 11.8 Å². The van der Waals surface area contributed by atoms with Crippen LogP contribution in [0.4, 0.5) is 11.4 Å². The maximum Gasteiger partial charge on any atom is 0.266 e. The van der Waals surface area contributed by atoms with Gasteiger partial charge in [-0.25, -0.2) is 4.90 Å². The minimum absolute atomic E-state index is 0.00947. The van der Waals surface area contributed by atoms with Crippen LogP contribution >= 0.6 is 15.9 Å². The van der Waals surface area contributed by atoms with Crippen LogP contribution in [-0.2, 0) is 0 Å². The van der Waals surface area contributed by atoms with Crippen molar-refractivity contribution in [3.63, 3.8) is 0 Å². The van der Waals surface area contributed by atoms with Crippen LogP contribution in [0.5, 0.6) is 0 Å². The summed E-state index contributed by atoms with van der Waals surface area (Å²) >= 11 is 3.32. The van der Waals surface area contributed by atoms with Crippen LogP contribution in [0.25, 0.3) is 10.8 Å². The topological polar surface area (TPSA) is 82.5 Å². The van der Waals surface area contributed by atoms with E-state index in [-0.39, 0.29) is 18.4 Å². The zero-order chi connectivity index (χ0) is 18.3. The van der Waals surface area contributed by atoms with E-state index in [0.29, 0.717) is 33.2 Å². The lowest BCUT2D eigenvalue weighted by molar-refractivity contribution is 0.0893. The monoisotopic (exact) mass is 411 g/mol. The van der Waals surface area contributed by atoms with Gasteiger partial charge in [0.2, 0.25) is 0 Å². The molecule has 130 valence electrons. The number of anilines is 2. The molecule has 1 aliphatic heterocycles. The summed E-state index contributed by atoms with van der Waals surface area (Å²) in [5, 5.41) is 13.6. The molecule has 0 aliphatic carbocycles. The van der Waals surface area contributed by atoms with Gasteiger partial charge in [-0.05, 0) is 40.2 Å². The van der Waals surface area contributed by atoms with E-state index in [1.165, 1.54) is 6.20 Å². The Morgan fingerprint density at radius 2 is 1.85 bits per heavy atom. The highest BCUT2D eigenvalue weighted by Gasteiger charge is 2.34. The van der Waals surface area contributed by atoms with Gasteiger partial charge < -0.3 is 10.4 Å². The molecule has 0 bridgehead atoms. The van der Waals surface area contributed by atoms with Gasteiger partial charge in [0.15, 0.2) is 0 Å². The molecule has 3 aromatic rings. The van der Waals surface area contributed by atoms with Gasteiger partial charge in [-0.15, -0.1) is 0 Å². The molecule has 0 spiro atoms. The van der Waals surface area contributed by atoms with Gasteiger partial charge in [-0.1, -0.05) is 12.1 Å². The average molecular weight is 412 g/mol. The Morgan fingerprint density at radius 1 is 1.08 bits per heavy atom. The van der Waals surface area contributed by atoms with Crippen LogP contribution in [0.15, 0.2) is 53.3 Å². The molecule has 6 nitrogen and oxygen atoms in total. The summed E-state index contributed by atoms with van der Waals surface area (Å²) in [5.74, 6) is -0.764. The van der Waals surface area contributed by atoms with Crippen molar-refractivity contribution >= 4 is 49.9 Å². The number of carbonyl (C=O) groups excluding carboxylic acids is 2. The Labute approximate surface area is 157 Å². The smallest absolute Gasteiger partial charge is 0.266 e. The second-order valence-corrected chi connectivity index (χ2v) is 6.76. The third kappa shape index (κ3) is 2.56. The zero-order valence-corrected chi connectivity index (χ0v) is 15.2. The van der Waals surface area contributed by atoms with Crippen molar-refractivity contribution in [3.05, 3.63) is 64.4 Å². The molecule has 2 heterocycles. The molecule has 2 N–H and O–H groups in total. The van der Waals surface area contributed by atoms with E-state index < -0.39 is 0 Å². The number of nitrogens with zero attached hydrogens (tertiary/aromatic N) is 2. The molecule has 0 fully saturated rings. The third-order valence-corrected chi connectivity index (χ3v) is 4.72. The lowest BCUT2D eigenvalue weighted by atomic mass is 9.92. The third-order valence-electron chi connectivity index (χ3n) is 4.28. The van der Waals surface area contributed by atoms with Crippen LogP contribution in [0.1, 0.15) is 20.7 Å². The molecule has 4 rings (SSSR count). The Morgan fingerprint density at radius 3 is 2.58 bits per heavy atom. The maximum atomic E-state index is 13.1. The first kappa shape index (κ1) is 16.7. The first-order valence-electron chi connectivity index (χ1n) is 8.01. The molecular weight excluding hydrogens is 398 g/mol. The highest BCUT2D eigenvalue weighted by Crippen LogP contribution is 2.36. The van der Waals surface area contributed by atoms with Crippen LogP contribution in [0.2, 0.25) is 0 Å². The zero-order valence-electron chi connectivity index (χ0n) is 13.6. The van der Waals surface area contributed by atoms with Gasteiger partial charge in [-0.2, -0.15) is 0 Å². The second-order valence-electron chi connectivity index (χ2n) is 5.85. The highest BCUT2D eigenvalue weighted by atomic mass is 79.9. The molecule has 0 unspecified atom stereocenters. The van der Waals surface area contributed by atoms with Crippen molar-refractivity contribution < 1.29 is 14.7 Å². The van der Waals surface area contributed by atoms with Crippen LogP contribution in [0.3, 0.4) is 0 Å². The molecule has 0 radical (unpaired) electrons. The van der Waals surface area contributed by atoms with Crippen LogP contribution in [0, 0.1) is 0 Å². The number of imide groups is 1. The summed E-state index contributed by atoms with van der Waals surface area (Å²) in [4.78, 5) is 31.3. The van der Waals surface area contributed by atoms with Crippen molar-refractivity contribution in [2.45, 2.75) is 0 Å². The number of rotatable bonds is 4. The summed E-state index contributed by atoms with van der Waals surface area (Å²) in [6, 6.07) is 10.6. The van der Waals surface area contributed by atoms with Crippen LogP contribution < -0.4 is 10.2 Å². The molecule has 2 amide bonds. The summed E-state index contributed by atoms with van der Waals surface area (Å²) in [6.45, 7) is 0.376. The number of pyridine rings is 1. The van der Waals surface area contributed by atoms with Crippen molar-refractivity contribution in [1.29, 1.82) is 0 Å². The Bertz CT molecular complexity index is 1030. The number of aliphatic hydroxyl groups excluding tert-OH is 1. The summed E-state index contributed by atoms with van der Waals surface area (Å²) in [6.07, 6.45) is 3.08. The molecular formula is C19H14BrN3O3. The largest absolute Gasteiger partial charge is 0.395 e. The molecule has 2 aromatic carbocycles. The van der Waals surface area contributed by atoms with Gasteiger partial charge in [-0.3, -0.25) is 14.6 Å². The minimum Gasteiger partial charge on any atom is -0.395 e. The number of hydrogen-bond donors (Lipinski definition) is 2. The fourth-order valence-electron chi connectivity index (χ4n) is 3.20. The lowest BCUT2D eigenvalue weighted by Crippen LogP contribution is -2.40. The number of carbonyl (C=O) groups is 2. The standard InChI is InChI=1S/C19H14BrN3O3/c20-11-8-12(10-21-9-11)23-18(25)14-3-1-2-13-16(22-6-7-24)5-4-15(17(13)14)19(23)26/h1-5,8-10,22,24H,6-7H2. The molecule has 0 saturated carbocycles. The van der Waals surface area contributed by atoms with E-state index in [1.807, 2.05) is 6.07 Å². The quantitative estimate of drug-likeness (QED) is 0.644. The van der Waals surface area contributed by atoms with E-state index in [9.17, 15) is 9.59 Å². The van der Waals surface area contributed by atoms with Crippen molar-refractivity contribution in [3.8, 4) is 0 Å². The number of amides is 2. The first-order valence-corrected chi connectivity index (χ1v) is 8.81. The number of hydrogen-bond acceptors (Lipinski definition) is 5. The van der Waals surface area contributed by atoms with E-state index >= 15 is 0 Å². The average Bonchev–Trinajstić information content (AvgIpc) is 2.65. The number of nitrogens with one attached hydrogen (secondary N) is 1. The fourth-order valence-corrected chi connectivity index (χ4v) is 3.55. The van der Waals surface area contributed by atoms with E-state index in [0.717, 1.165) is 16.0 Å². The van der Waals surface area contributed by atoms with Crippen LogP contribution in [-0.4, -0.2) is 35.1 Å². The number of aliphatic hydroxyl groups is 1. The Hall–Kier alpha value is -2.77. The highest BCUT2D eigenvalue weighted by molar-refractivity contribution is 9.10. The first-order chi connectivity index (χ1) is 12.6. The van der Waals surface area contributed by atoms with Crippen molar-refractivity contribution in [2.24, 2.45) is 0 Å². The van der Waals surface area contributed by atoms with Gasteiger partial charge >= 0.3 is 0 Å². The van der Waals surface area contributed by atoms with Gasteiger partial charge in [0.05, 0.1) is 18.5 Å². The summed E-state index contributed by atoms with van der Waals surface area (Å²) in [7, 11) is 0. The lowest BCUT2D eigenvalue weighted by Gasteiger charge is -2.27. The number of aromatic nitrogens is 1. The number of halogens is 1. The summed E-state index contributed by atoms with van der Waals surface area (Å²) < 4.78 is 0.683. The fraction of sp³-hybridized carbons (Fsp3) is 0.105.